The van der Waals surface area contributed by atoms with Gasteiger partial charge in [0, 0.05) is 0 Å². The zero-order valence-corrected chi connectivity index (χ0v) is 16.0. The lowest BCUT2D eigenvalue weighted by molar-refractivity contribution is -0.133. The van der Waals surface area contributed by atoms with Crippen molar-refractivity contribution in [3.8, 4) is 11.3 Å². The van der Waals surface area contributed by atoms with E-state index in [0.29, 0.717) is 17.0 Å². The van der Waals surface area contributed by atoms with E-state index in [0.717, 1.165) is 0 Å². The molecule has 2 aromatic carbocycles. The lowest BCUT2D eigenvalue weighted by atomic mass is 9.87. The Morgan fingerprint density at radius 1 is 1.07 bits per heavy atom. The van der Waals surface area contributed by atoms with Crippen LogP contribution < -0.4 is 10.7 Å². The van der Waals surface area contributed by atoms with E-state index in [4.69, 9.17) is 4.42 Å². The fraction of sp³-hybridized carbons (Fsp3) is 0.136. The fourth-order valence-corrected chi connectivity index (χ4v) is 3.46. The molecule has 0 saturated carbocycles. The maximum absolute atomic E-state index is 13.9. The van der Waals surface area contributed by atoms with Gasteiger partial charge in [-0.15, -0.1) is 0 Å². The normalized spacial score (nSPS) is 18.4. The summed E-state index contributed by atoms with van der Waals surface area (Å²) in [6.45, 7) is 1.77. The minimum absolute atomic E-state index is 0.155. The van der Waals surface area contributed by atoms with Crippen molar-refractivity contribution in [1.82, 2.24) is 15.8 Å². The van der Waals surface area contributed by atoms with Crippen LogP contribution in [0.5, 0.6) is 0 Å². The number of carbonyl (C=O) groups excluding carboxylic acids is 3. The first kappa shape index (κ1) is 19.4. The molecule has 8 heteroatoms. The highest BCUT2D eigenvalue weighted by atomic mass is 19.1. The van der Waals surface area contributed by atoms with Gasteiger partial charge in [-0.3, -0.25) is 9.59 Å². The molecule has 1 aliphatic rings. The number of amides is 4. The number of hydrazine groups is 1. The number of nitrogens with one attached hydrogen (secondary N) is 2. The van der Waals surface area contributed by atoms with E-state index >= 15 is 0 Å². The number of urea groups is 1. The summed E-state index contributed by atoms with van der Waals surface area (Å²) in [6, 6.07) is 16.8. The summed E-state index contributed by atoms with van der Waals surface area (Å²) in [4.78, 5) is 38.1. The zero-order valence-electron chi connectivity index (χ0n) is 16.0. The quantitative estimate of drug-likeness (QED) is 0.633. The van der Waals surface area contributed by atoms with Crippen LogP contribution in [-0.4, -0.2) is 22.9 Å². The molecule has 152 valence electrons. The van der Waals surface area contributed by atoms with Gasteiger partial charge in [-0.05, 0) is 36.2 Å². The van der Waals surface area contributed by atoms with Gasteiger partial charge in [0.25, 0.3) is 5.91 Å². The molecular formula is C22H18FN3O4. The largest absolute Gasteiger partial charge is 0.451 e. The second-order valence-electron chi connectivity index (χ2n) is 6.78. The number of furan rings is 1. The lowest BCUT2D eigenvalue weighted by Gasteiger charge is -2.25. The van der Waals surface area contributed by atoms with E-state index < -0.39 is 29.2 Å². The topological polar surface area (TPSA) is 91.7 Å². The lowest BCUT2D eigenvalue weighted by Crippen LogP contribution is -2.48. The van der Waals surface area contributed by atoms with Crippen molar-refractivity contribution in [2.24, 2.45) is 0 Å². The Labute approximate surface area is 171 Å². The highest BCUT2D eigenvalue weighted by Crippen LogP contribution is 2.32. The molecule has 3 aromatic rings. The van der Waals surface area contributed by atoms with Crippen molar-refractivity contribution in [2.45, 2.75) is 18.9 Å². The molecule has 1 aromatic heterocycles. The number of rotatable bonds is 5. The van der Waals surface area contributed by atoms with Crippen molar-refractivity contribution < 1.29 is 23.2 Å². The maximum Gasteiger partial charge on any atom is 0.344 e. The Bertz CT molecular complexity index is 1130. The number of carbonyl (C=O) groups is 3. The number of hydrogen-bond acceptors (Lipinski definition) is 4. The number of hydrogen-bond donors (Lipinski definition) is 2. The second kappa shape index (κ2) is 7.47. The first-order valence-electron chi connectivity index (χ1n) is 9.34. The van der Waals surface area contributed by atoms with E-state index in [9.17, 15) is 18.8 Å². The van der Waals surface area contributed by atoms with E-state index in [-0.39, 0.29) is 17.1 Å². The molecule has 0 aliphatic carbocycles. The number of imide groups is 1. The molecular weight excluding hydrogens is 389 g/mol. The van der Waals surface area contributed by atoms with Gasteiger partial charge in [0.15, 0.2) is 5.76 Å². The Kier molecular flexibility index (Phi) is 4.83. The summed E-state index contributed by atoms with van der Waals surface area (Å²) in [6.07, 6.45) is 0.298. The van der Waals surface area contributed by atoms with Crippen molar-refractivity contribution >= 4 is 17.8 Å². The van der Waals surface area contributed by atoms with E-state index in [1.807, 2.05) is 0 Å². The van der Waals surface area contributed by atoms with Crippen LogP contribution in [0.15, 0.2) is 71.1 Å². The fourth-order valence-electron chi connectivity index (χ4n) is 3.46. The van der Waals surface area contributed by atoms with E-state index in [1.165, 1.54) is 24.3 Å². The zero-order chi connectivity index (χ0) is 21.3. The molecule has 4 rings (SSSR count). The summed E-state index contributed by atoms with van der Waals surface area (Å²) in [5, 5.41) is 3.31. The van der Waals surface area contributed by atoms with Crippen LogP contribution in [0.25, 0.3) is 11.3 Å². The Morgan fingerprint density at radius 2 is 1.77 bits per heavy atom. The monoisotopic (exact) mass is 407 g/mol. The first-order chi connectivity index (χ1) is 14.5. The molecule has 1 saturated heterocycles. The first-order valence-corrected chi connectivity index (χ1v) is 9.34. The molecule has 2 heterocycles. The van der Waals surface area contributed by atoms with Gasteiger partial charge in [-0.25, -0.2) is 14.6 Å². The van der Waals surface area contributed by atoms with Gasteiger partial charge in [0.05, 0.1) is 5.56 Å². The van der Waals surface area contributed by atoms with Gasteiger partial charge in [-0.2, -0.15) is 5.01 Å². The molecule has 0 bridgehead atoms. The van der Waals surface area contributed by atoms with Gasteiger partial charge in [-0.1, -0.05) is 49.4 Å². The molecule has 2 N–H and O–H groups in total. The number of halogens is 1. The molecule has 30 heavy (non-hydrogen) atoms. The van der Waals surface area contributed by atoms with E-state index in [1.54, 1.807) is 49.4 Å². The molecule has 0 spiro atoms. The summed E-state index contributed by atoms with van der Waals surface area (Å²) in [5.74, 6) is -1.91. The van der Waals surface area contributed by atoms with Gasteiger partial charge in [0.2, 0.25) is 0 Å². The van der Waals surface area contributed by atoms with Crippen LogP contribution in [-0.2, 0) is 10.3 Å². The number of nitrogens with zero attached hydrogens (tertiary/aromatic N) is 1. The van der Waals surface area contributed by atoms with Crippen LogP contribution in [0.2, 0.25) is 0 Å². The summed E-state index contributed by atoms with van der Waals surface area (Å²) < 4.78 is 19.4. The van der Waals surface area contributed by atoms with Gasteiger partial charge in [0.1, 0.15) is 17.1 Å². The van der Waals surface area contributed by atoms with Crippen molar-refractivity contribution in [1.29, 1.82) is 0 Å². The van der Waals surface area contributed by atoms with E-state index in [2.05, 4.69) is 10.7 Å². The molecule has 7 nitrogen and oxygen atoms in total. The van der Waals surface area contributed by atoms with Crippen molar-refractivity contribution in [3.05, 3.63) is 83.9 Å². The van der Waals surface area contributed by atoms with Crippen LogP contribution in [0, 0.1) is 5.82 Å². The average Bonchev–Trinajstić information content (AvgIpc) is 3.34. The third-order valence-electron chi connectivity index (χ3n) is 5.07. The highest BCUT2D eigenvalue weighted by molar-refractivity contribution is 6.09. The summed E-state index contributed by atoms with van der Waals surface area (Å²) in [7, 11) is 0. The molecule has 1 atom stereocenters. The third kappa shape index (κ3) is 3.12. The molecule has 0 unspecified atom stereocenters. The second-order valence-corrected chi connectivity index (χ2v) is 6.78. The minimum atomic E-state index is -1.27. The Morgan fingerprint density at radius 3 is 2.47 bits per heavy atom. The van der Waals surface area contributed by atoms with Crippen molar-refractivity contribution in [3.63, 3.8) is 0 Å². The van der Waals surface area contributed by atoms with Crippen LogP contribution in [0.1, 0.15) is 29.5 Å². The predicted molar refractivity (Wildman–Crippen MR) is 105 cm³/mol. The molecule has 0 radical (unpaired) electrons. The minimum Gasteiger partial charge on any atom is -0.451 e. The summed E-state index contributed by atoms with van der Waals surface area (Å²) in [5.41, 5.74) is 1.82. The predicted octanol–water partition coefficient (Wildman–Crippen LogP) is 3.59. The van der Waals surface area contributed by atoms with Gasteiger partial charge >= 0.3 is 11.9 Å². The standard InChI is InChI=1S/C22H18FN3O4/c1-2-22(14-8-4-3-5-9-14)20(28)26(21(29)24-22)25-19(27)18-13-12-17(30-18)15-10-6-7-11-16(15)23/h3-13H,2H2,1H3,(H,24,29)(H,25,27)/t22-/m0/s1. The molecule has 1 aliphatic heterocycles. The Hall–Kier alpha value is -3.94. The number of benzene rings is 2. The van der Waals surface area contributed by atoms with Crippen LogP contribution in [0.4, 0.5) is 9.18 Å². The summed E-state index contributed by atoms with van der Waals surface area (Å²) >= 11 is 0. The molecule has 1 fully saturated rings. The third-order valence-corrected chi connectivity index (χ3v) is 5.07. The van der Waals surface area contributed by atoms with Gasteiger partial charge < -0.3 is 9.73 Å². The average molecular weight is 407 g/mol. The smallest absolute Gasteiger partial charge is 0.344 e. The van der Waals surface area contributed by atoms with Crippen LogP contribution >= 0.6 is 0 Å². The van der Waals surface area contributed by atoms with Crippen molar-refractivity contribution in [2.75, 3.05) is 0 Å². The van der Waals surface area contributed by atoms with Crippen LogP contribution in [0.3, 0.4) is 0 Å². The highest BCUT2D eigenvalue weighted by Gasteiger charge is 2.52. The maximum atomic E-state index is 13.9. The SMILES string of the molecule is CC[C@@]1(c2ccccc2)NC(=O)N(NC(=O)c2ccc(-c3ccccc3F)o2)C1=O. The Balaban J connectivity index is 1.56. The molecule has 4 amide bonds.